The predicted molar refractivity (Wildman–Crippen MR) is 73.2 cm³/mol. The second-order valence-corrected chi connectivity index (χ2v) is 3.77. The van der Waals surface area contributed by atoms with E-state index >= 15 is 0 Å². The van der Waals surface area contributed by atoms with E-state index in [9.17, 15) is 4.79 Å². The van der Waals surface area contributed by atoms with Crippen LogP contribution in [0.3, 0.4) is 0 Å². The van der Waals surface area contributed by atoms with E-state index < -0.39 is 0 Å². The van der Waals surface area contributed by atoms with Gasteiger partial charge in [-0.05, 0) is 39.8 Å². The molecule has 0 saturated heterocycles. The van der Waals surface area contributed by atoms with Gasteiger partial charge in [0.25, 0.3) is 0 Å². The van der Waals surface area contributed by atoms with Crippen LogP contribution >= 0.6 is 0 Å². The van der Waals surface area contributed by atoms with Gasteiger partial charge in [0, 0.05) is 6.54 Å². The minimum absolute atomic E-state index is 0.0212. The summed E-state index contributed by atoms with van der Waals surface area (Å²) in [5.74, 6) is -0.0212. The quantitative estimate of drug-likeness (QED) is 0.611. The highest BCUT2D eigenvalue weighted by molar-refractivity contribution is 5.77. The van der Waals surface area contributed by atoms with Crippen LogP contribution in [0.1, 0.15) is 47.5 Å². The van der Waals surface area contributed by atoms with Gasteiger partial charge in [-0.25, -0.2) is 0 Å². The van der Waals surface area contributed by atoms with Gasteiger partial charge in [-0.2, -0.15) is 0 Å². The van der Waals surface area contributed by atoms with Gasteiger partial charge in [0.2, 0.25) is 5.91 Å². The summed E-state index contributed by atoms with van der Waals surface area (Å²) in [6, 6.07) is 0. The molecule has 104 valence electrons. The molecule has 0 aromatic heterocycles. The maximum atomic E-state index is 11.2. The molecule has 0 fully saturated rings. The molecule has 0 aliphatic carbocycles. The molecule has 17 heavy (non-hydrogen) atoms. The zero-order chi connectivity index (χ0) is 13.5. The summed E-state index contributed by atoms with van der Waals surface area (Å²) in [5, 5.41) is 6.06. The topological polar surface area (TPSA) is 50.4 Å². The van der Waals surface area contributed by atoms with Crippen molar-refractivity contribution in [3.05, 3.63) is 0 Å². The summed E-state index contributed by atoms with van der Waals surface area (Å²) < 4.78 is 5.17. The minimum Gasteiger partial charge on any atom is -0.369 e. The Labute approximate surface area is 106 Å². The van der Waals surface area contributed by atoms with Gasteiger partial charge in [-0.3, -0.25) is 4.79 Å². The van der Waals surface area contributed by atoms with Crippen LogP contribution in [0.5, 0.6) is 0 Å². The summed E-state index contributed by atoms with van der Waals surface area (Å²) in [6.45, 7) is 12.9. The Morgan fingerprint density at radius 2 is 1.76 bits per heavy atom. The van der Waals surface area contributed by atoms with Crippen molar-refractivity contribution in [1.29, 1.82) is 0 Å². The summed E-state index contributed by atoms with van der Waals surface area (Å²) in [4.78, 5) is 11.2. The molecule has 0 spiro atoms. The number of hydrogen-bond acceptors (Lipinski definition) is 3. The Hall–Kier alpha value is -0.610. The minimum atomic E-state index is -0.0212. The van der Waals surface area contributed by atoms with E-state index in [1.165, 1.54) is 0 Å². The first-order valence-corrected chi connectivity index (χ1v) is 6.75. The van der Waals surface area contributed by atoms with Gasteiger partial charge in [0.15, 0.2) is 0 Å². The summed E-state index contributed by atoms with van der Waals surface area (Å²) >= 11 is 0. The highest BCUT2D eigenvalue weighted by Gasteiger charge is 2.01. The van der Waals surface area contributed by atoms with Crippen LogP contribution in [-0.4, -0.2) is 38.3 Å². The molecule has 4 nitrogen and oxygen atoms in total. The smallest absolute Gasteiger partial charge is 0.246 e. The van der Waals surface area contributed by atoms with Crippen molar-refractivity contribution in [2.45, 2.75) is 53.6 Å². The van der Waals surface area contributed by atoms with Gasteiger partial charge in [0.05, 0.1) is 6.10 Å². The molecule has 0 atom stereocenters. The third kappa shape index (κ3) is 18.0. The fourth-order valence-electron chi connectivity index (χ4n) is 1.07. The Morgan fingerprint density at radius 1 is 1.18 bits per heavy atom. The average Bonchev–Trinajstić information content (AvgIpc) is 2.33. The SMILES string of the molecule is CC.CCNCCCCNC(=O)COC(C)C. The second-order valence-electron chi connectivity index (χ2n) is 3.77. The zero-order valence-corrected chi connectivity index (χ0v) is 12.1. The van der Waals surface area contributed by atoms with Crippen molar-refractivity contribution in [2.24, 2.45) is 0 Å². The molecule has 0 unspecified atom stereocenters. The molecular weight excluding hydrogens is 216 g/mol. The highest BCUT2D eigenvalue weighted by atomic mass is 16.5. The molecule has 2 N–H and O–H groups in total. The largest absolute Gasteiger partial charge is 0.369 e. The number of nitrogens with one attached hydrogen (secondary N) is 2. The first-order chi connectivity index (χ1) is 8.16. The lowest BCUT2D eigenvalue weighted by molar-refractivity contribution is -0.127. The van der Waals surface area contributed by atoms with Gasteiger partial charge < -0.3 is 15.4 Å². The monoisotopic (exact) mass is 246 g/mol. The molecule has 4 heteroatoms. The predicted octanol–water partition coefficient (Wildman–Crippen LogP) is 1.94. The molecule has 0 aliphatic heterocycles. The standard InChI is InChI=1S/C11H24N2O2.C2H6/c1-4-12-7-5-6-8-13-11(14)9-15-10(2)3;1-2/h10,12H,4-9H2,1-3H3,(H,13,14);1-2H3. The van der Waals surface area contributed by atoms with Crippen molar-refractivity contribution >= 4 is 5.91 Å². The Balaban J connectivity index is 0. The van der Waals surface area contributed by atoms with Crippen LogP contribution < -0.4 is 10.6 Å². The van der Waals surface area contributed by atoms with E-state index in [0.29, 0.717) is 0 Å². The lowest BCUT2D eigenvalue weighted by Crippen LogP contribution is -2.30. The summed E-state index contributed by atoms with van der Waals surface area (Å²) in [6.07, 6.45) is 2.23. The number of unbranched alkanes of at least 4 members (excludes halogenated alkanes) is 1. The van der Waals surface area contributed by atoms with Crippen LogP contribution in [0, 0.1) is 0 Å². The van der Waals surface area contributed by atoms with Gasteiger partial charge in [-0.15, -0.1) is 0 Å². The van der Waals surface area contributed by atoms with E-state index in [-0.39, 0.29) is 18.6 Å². The molecule has 0 saturated carbocycles. The van der Waals surface area contributed by atoms with Crippen molar-refractivity contribution < 1.29 is 9.53 Å². The maximum absolute atomic E-state index is 11.2. The first-order valence-electron chi connectivity index (χ1n) is 6.75. The van der Waals surface area contributed by atoms with Crippen LogP contribution in [0.2, 0.25) is 0 Å². The fraction of sp³-hybridized carbons (Fsp3) is 0.923. The van der Waals surface area contributed by atoms with Crippen LogP contribution in [0.25, 0.3) is 0 Å². The third-order valence-corrected chi connectivity index (χ3v) is 1.90. The number of carbonyl (C=O) groups excluding carboxylic acids is 1. The number of ether oxygens (including phenoxy) is 1. The fourth-order valence-corrected chi connectivity index (χ4v) is 1.07. The summed E-state index contributed by atoms with van der Waals surface area (Å²) in [7, 11) is 0. The van der Waals surface area contributed by atoms with Crippen LogP contribution in [-0.2, 0) is 9.53 Å². The van der Waals surface area contributed by atoms with E-state index in [1.54, 1.807) is 0 Å². The third-order valence-electron chi connectivity index (χ3n) is 1.90. The molecule has 0 bridgehead atoms. The van der Waals surface area contributed by atoms with Gasteiger partial charge in [-0.1, -0.05) is 20.8 Å². The number of amides is 1. The van der Waals surface area contributed by atoms with Gasteiger partial charge in [0.1, 0.15) is 6.61 Å². The number of carbonyl (C=O) groups is 1. The number of hydrogen-bond donors (Lipinski definition) is 2. The van der Waals surface area contributed by atoms with E-state index in [0.717, 1.165) is 32.5 Å². The Morgan fingerprint density at radius 3 is 2.29 bits per heavy atom. The Kier molecular flexibility index (Phi) is 17.0. The zero-order valence-electron chi connectivity index (χ0n) is 12.1. The van der Waals surface area contributed by atoms with Crippen LogP contribution in [0.4, 0.5) is 0 Å². The van der Waals surface area contributed by atoms with Gasteiger partial charge >= 0.3 is 0 Å². The first kappa shape index (κ1) is 18.7. The number of rotatable bonds is 9. The molecular formula is C13H30N2O2. The van der Waals surface area contributed by atoms with Crippen molar-refractivity contribution in [2.75, 3.05) is 26.2 Å². The normalized spacial score (nSPS) is 9.76. The molecule has 0 aliphatic rings. The van der Waals surface area contributed by atoms with Crippen molar-refractivity contribution in [1.82, 2.24) is 10.6 Å². The van der Waals surface area contributed by atoms with Crippen LogP contribution in [0.15, 0.2) is 0 Å². The molecule has 1 amide bonds. The van der Waals surface area contributed by atoms with E-state index in [1.807, 2.05) is 27.7 Å². The maximum Gasteiger partial charge on any atom is 0.246 e. The lowest BCUT2D eigenvalue weighted by atomic mass is 10.3. The van der Waals surface area contributed by atoms with E-state index in [4.69, 9.17) is 4.74 Å². The molecule has 0 aromatic rings. The summed E-state index contributed by atoms with van der Waals surface area (Å²) in [5.41, 5.74) is 0. The highest BCUT2D eigenvalue weighted by Crippen LogP contribution is 1.88. The average molecular weight is 246 g/mol. The molecule has 0 heterocycles. The molecule has 0 rings (SSSR count). The second kappa shape index (κ2) is 15.4. The van der Waals surface area contributed by atoms with E-state index in [2.05, 4.69) is 17.6 Å². The molecule has 0 radical (unpaired) electrons. The van der Waals surface area contributed by atoms with Crippen molar-refractivity contribution in [3.63, 3.8) is 0 Å². The molecule has 0 aromatic carbocycles. The Bertz CT molecular complexity index is 161. The lowest BCUT2D eigenvalue weighted by Gasteiger charge is -2.08. The van der Waals surface area contributed by atoms with Crippen molar-refractivity contribution in [3.8, 4) is 0 Å².